The third-order valence-corrected chi connectivity index (χ3v) is 3.65. The number of hydrogen-bond acceptors (Lipinski definition) is 5. The molecule has 1 fully saturated rings. The number of anilines is 1. The molecule has 2 rings (SSSR count). The second kappa shape index (κ2) is 6.85. The molecule has 1 saturated heterocycles. The molecule has 0 aromatic heterocycles. The Morgan fingerprint density at radius 3 is 2.61 bits per heavy atom. The Labute approximate surface area is 135 Å². The van der Waals surface area contributed by atoms with Crippen LogP contribution in [0.1, 0.15) is 27.2 Å². The number of hydrogen-bond donors (Lipinski definition) is 1. The molecule has 1 N–H and O–H groups in total. The van der Waals surface area contributed by atoms with Crippen molar-refractivity contribution in [2.24, 2.45) is 5.92 Å². The Morgan fingerprint density at radius 1 is 1.39 bits per heavy atom. The lowest BCUT2D eigenvalue weighted by Gasteiger charge is -2.21. The number of benzene rings is 1. The molecule has 126 valence electrons. The first-order valence-electron chi connectivity index (χ1n) is 7.71. The summed E-state index contributed by atoms with van der Waals surface area (Å²) in [6.45, 7) is 7.75. The van der Waals surface area contributed by atoms with Gasteiger partial charge >= 0.3 is 6.09 Å². The maximum Gasteiger partial charge on any atom is 0.407 e. The highest BCUT2D eigenvalue weighted by molar-refractivity contribution is 5.67. The van der Waals surface area contributed by atoms with Gasteiger partial charge in [-0.3, -0.25) is 10.1 Å². The summed E-state index contributed by atoms with van der Waals surface area (Å²) in [6.07, 6.45) is 0.568. The van der Waals surface area contributed by atoms with E-state index < -0.39 is 16.6 Å². The molecule has 1 atom stereocenters. The molecule has 7 heteroatoms. The van der Waals surface area contributed by atoms with Gasteiger partial charge in [-0.1, -0.05) is 0 Å². The van der Waals surface area contributed by atoms with Crippen molar-refractivity contribution in [3.05, 3.63) is 34.4 Å². The van der Waals surface area contributed by atoms with Gasteiger partial charge in [-0.15, -0.1) is 0 Å². The third kappa shape index (κ3) is 5.12. The fourth-order valence-corrected chi connectivity index (χ4v) is 2.56. The summed E-state index contributed by atoms with van der Waals surface area (Å²) in [5.74, 6) is 0.345. The molecular weight excluding hydrogens is 298 g/mol. The molecule has 0 aliphatic carbocycles. The third-order valence-electron chi connectivity index (χ3n) is 3.65. The van der Waals surface area contributed by atoms with E-state index in [1.807, 2.05) is 20.8 Å². The number of amides is 1. The SMILES string of the molecule is CC(C)(C)OC(=O)NCC1CCN(c2ccc([N+](=O)[O-])cc2)C1. The van der Waals surface area contributed by atoms with Crippen LogP contribution in [0.4, 0.5) is 16.2 Å². The fraction of sp³-hybridized carbons (Fsp3) is 0.562. The Kier molecular flexibility index (Phi) is 5.08. The molecule has 1 aromatic carbocycles. The van der Waals surface area contributed by atoms with Gasteiger partial charge in [-0.25, -0.2) is 4.79 Å². The number of carbonyl (C=O) groups is 1. The molecule has 0 radical (unpaired) electrons. The van der Waals surface area contributed by atoms with Gasteiger partial charge in [0, 0.05) is 37.5 Å². The van der Waals surface area contributed by atoms with Crippen LogP contribution in [0.5, 0.6) is 0 Å². The van der Waals surface area contributed by atoms with Crippen molar-refractivity contribution in [2.45, 2.75) is 32.8 Å². The average Bonchev–Trinajstić information content (AvgIpc) is 2.92. The number of alkyl carbamates (subject to hydrolysis) is 1. The molecule has 1 aliphatic heterocycles. The number of nitro groups is 1. The topological polar surface area (TPSA) is 84.7 Å². The van der Waals surface area contributed by atoms with Gasteiger partial charge in [-0.2, -0.15) is 0 Å². The van der Waals surface area contributed by atoms with E-state index in [9.17, 15) is 14.9 Å². The molecule has 7 nitrogen and oxygen atoms in total. The van der Waals surface area contributed by atoms with Crippen LogP contribution in [0.2, 0.25) is 0 Å². The first-order valence-corrected chi connectivity index (χ1v) is 7.71. The van der Waals surface area contributed by atoms with E-state index in [-0.39, 0.29) is 5.69 Å². The van der Waals surface area contributed by atoms with Crippen molar-refractivity contribution in [2.75, 3.05) is 24.5 Å². The van der Waals surface area contributed by atoms with Crippen LogP contribution < -0.4 is 10.2 Å². The Morgan fingerprint density at radius 2 is 2.04 bits per heavy atom. The van der Waals surface area contributed by atoms with Crippen molar-refractivity contribution in [3.63, 3.8) is 0 Å². The molecule has 0 bridgehead atoms. The van der Waals surface area contributed by atoms with Gasteiger partial charge in [0.2, 0.25) is 0 Å². The van der Waals surface area contributed by atoms with E-state index >= 15 is 0 Å². The minimum atomic E-state index is -0.495. The first kappa shape index (κ1) is 17.1. The average molecular weight is 321 g/mol. The summed E-state index contributed by atoms with van der Waals surface area (Å²) in [5, 5.41) is 13.5. The van der Waals surface area contributed by atoms with Crippen molar-refractivity contribution in [1.82, 2.24) is 5.32 Å². The molecule has 0 saturated carbocycles. The number of carbonyl (C=O) groups excluding carboxylic acids is 1. The highest BCUT2D eigenvalue weighted by Crippen LogP contribution is 2.25. The van der Waals surface area contributed by atoms with E-state index in [1.54, 1.807) is 12.1 Å². The summed E-state index contributed by atoms with van der Waals surface area (Å²) in [4.78, 5) is 24.1. The number of nitro benzene ring substituents is 1. The van der Waals surface area contributed by atoms with E-state index in [2.05, 4.69) is 10.2 Å². The van der Waals surface area contributed by atoms with Gasteiger partial charge in [0.15, 0.2) is 0 Å². The number of nitrogens with one attached hydrogen (secondary N) is 1. The number of non-ortho nitro benzene ring substituents is 1. The number of ether oxygens (including phenoxy) is 1. The van der Waals surface area contributed by atoms with Crippen molar-refractivity contribution >= 4 is 17.5 Å². The van der Waals surface area contributed by atoms with Crippen LogP contribution in [-0.4, -0.2) is 36.3 Å². The second-order valence-electron chi connectivity index (χ2n) is 6.76. The summed E-state index contributed by atoms with van der Waals surface area (Å²) in [7, 11) is 0. The van der Waals surface area contributed by atoms with E-state index in [0.717, 1.165) is 25.2 Å². The Balaban J connectivity index is 1.82. The monoisotopic (exact) mass is 321 g/mol. The van der Waals surface area contributed by atoms with Crippen LogP contribution in [0.15, 0.2) is 24.3 Å². The predicted octanol–water partition coefficient (Wildman–Crippen LogP) is 2.95. The minimum absolute atomic E-state index is 0.0936. The summed E-state index contributed by atoms with van der Waals surface area (Å²) < 4.78 is 5.22. The smallest absolute Gasteiger partial charge is 0.407 e. The molecule has 1 amide bonds. The second-order valence-corrected chi connectivity index (χ2v) is 6.76. The van der Waals surface area contributed by atoms with Gasteiger partial charge in [-0.05, 0) is 45.2 Å². The van der Waals surface area contributed by atoms with E-state index in [0.29, 0.717) is 12.5 Å². The molecular formula is C16H23N3O4. The maximum absolute atomic E-state index is 11.7. The zero-order valence-electron chi connectivity index (χ0n) is 13.7. The first-order chi connectivity index (χ1) is 10.7. The standard InChI is InChI=1S/C16H23N3O4/c1-16(2,3)23-15(20)17-10-12-8-9-18(11-12)13-4-6-14(7-5-13)19(21)22/h4-7,12H,8-11H2,1-3H3,(H,17,20). The summed E-state index contributed by atoms with van der Waals surface area (Å²) >= 11 is 0. The van der Waals surface area contributed by atoms with E-state index in [4.69, 9.17) is 4.74 Å². The van der Waals surface area contributed by atoms with Crippen LogP contribution in [0.25, 0.3) is 0 Å². The van der Waals surface area contributed by atoms with Crippen LogP contribution in [-0.2, 0) is 4.74 Å². The van der Waals surface area contributed by atoms with Gasteiger partial charge in [0.1, 0.15) is 5.60 Å². The van der Waals surface area contributed by atoms with Crippen molar-refractivity contribution < 1.29 is 14.5 Å². The molecule has 1 unspecified atom stereocenters. The summed E-state index contributed by atoms with van der Waals surface area (Å²) in [6, 6.07) is 6.56. The maximum atomic E-state index is 11.7. The van der Waals surface area contributed by atoms with Gasteiger partial charge in [0.25, 0.3) is 5.69 Å². The molecule has 23 heavy (non-hydrogen) atoms. The zero-order valence-corrected chi connectivity index (χ0v) is 13.7. The van der Waals surface area contributed by atoms with E-state index in [1.165, 1.54) is 12.1 Å². The van der Waals surface area contributed by atoms with Crippen molar-refractivity contribution in [1.29, 1.82) is 0 Å². The Bertz CT molecular complexity index is 566. The quantitative estimate of drug-likeness (QED) is 0.681. The highest BCUT2D eigenvalue weighted by atomic mass is 16.6. The van der Waals surface area contributed by atoms with Crippen LogP contribution in [0.3, 0.4) is 0 Å². The summed E-state index contributed by atoms with van der Waals surface area (Å²) in [5.41, 5.74) is 0.566. The number of rotatable bonds is 4. The van der Waals surface area contributed by atoms with Gasteiger partial charge in [0.05, 0.1) is 4.92 Å². The highest BCUT2D eigenvalue weighted by Gasteiger charge is 2.24. The normalized spacial score (nSPS) is 17.9. The predicted molar refractivity (Wildman–Crippen MR) is 87.7 cm³/mol. The zero-order chi connectivity index (χ0) is 17.0. The Hall–Kier alpha value is -2.31. The van der Waals surface area contributed by atoms with Crippen LogP contribution in [0, 0.1) is 16.0 Å². The largest absolute Gasteiger partial charge is 0.444 e. The lowest BCUT2D eigenvalue weighted by Crippen LogP contribution is -2.36. The number of nitrogens with zero attached hydrogens (tertiary/aromatic N) is 2. The van der Waals surface area contributed by atoms with Gasteiger partial charge < -0.3 is 15.0 Å². The molecule has 1 aromatic rings. The molecule has 0 spiro atoms. The lowest BCUT2D eigenvalue weighted by atomic mass is 10.1. The minimum Gasteiger partial charge on any atom is -0.444 e. The molecule has 1 aliphatic rings. The van der Waals surface area contributed by atoms with Crippen LogP contribution >= 0.6 is 0 Å². The van der Waals surface area contributed by atoms with Crippen molar-refractivity contribution in [3.8, 4) is 0 Å². The lowest BCUT2D eigenvalue weighted by molar-refractivity contribution is -0.384. The molecule has 1 heterocycles. The fourth-order valence-electron chi connectivity index (χ4n) is 2.56.